The number of halogens is 1. The zero-order chi connectivity index (χ0) is 20.0. The van der Waals surface area contributed by atoms with E-state index >= 15 is 0 Å². The number of hydrogen-bond donors (Lipinski definition) is 2. The molecule has 2 aliphatic heterocycles. The first kappa shape index (κ1) is 17.8. The van der Waals surface area contributed by atoms with Gasteiger partial charge in [-0.15, -0.1) is 11.3 Å². The lowest BCUT2D eigenvalue weighted by molar-refractivity contribution is -0.123. The highest BCUT2D eigenvalue weighted by molar-refractivity contribution is 7.14. The third-order valence-corrected chi connectivity index (χ3v) is 5.85. The molecule has 0 aliphatic carbocycles. The third-order valence-electron chi connectivity index (χ3n) is 5.09. The smallest absolute Gasteiger partial charge is 0.234 e. The van der Waals surface area contributed by atoms with Gasteiger partial charge in [0, 0.05) is 29.5 Å². The number of carbonyl (C=O) groups is 2. The molecule has 2 amide bonds. The Hall–Kier alpha value is -3.26. The molecule has 29 heavy (non-hydrogen) atoms. The summed E-state index contributed by atoms with van der Waals surface area (Å²) in [7, 11) is 0. The van der Waals surface area contributed by atoms with E-state index in [0.29, 0.717) is 23.0 Å². The van der Waals surface area contributed by atoms with Gasteiger partial charge in [-0.05, 0) is 41.5 Å². The number of nitrogens with one attached hydrogen (secondary N) is 2. The van der Waals surface area contributed by atoms with E-state index in [4.69, 9.17) is 4.74 Å². The van der Waals surface area contributed by atoms with Crippen LogP contribution in [0.3, 0.4) is 0 Å². The molecule has 0 saturated heterocycles. The van der Waals surface area contributed by atoms with Gasteiger partial charge in [-0.3, -0.25) is 9.59 Å². The lowest BCUT2D eigenvalue weighted by Gasteiger charge is -2.24. The van der Waals surface area contributed by atoms with Crippen molar-refractivity contribution in [3.05, 3.63) is 58.7 Å². The topological polar surface area (TPSA) is 80.3 Å². The number of rotatable bonds is 3. The fourth-order valence-electron chi connectivity index (χ4n) is 3.67. The molecule has 1 atom stereocenters. The summed E-state index contributed by atoms with van der Waals surface area (Å²) in [6.45, 7) is 0.692. The minimum atomic E-state index is -0.691. The summed E-state index contributed by atoms with van der Waals surface area (Å²) < 4.78 is 19.0. The van der Waals surface area contributed by atoms with Crippen LogP contribution in [-0.2, 0) is 16.0 Å². The highest BCUT2D eigenvalue weighted by atomic mass is 32.1. The summed E-state index contributed by atoms with van der Waals surface area (Å²) in [6.07, 6.45) is 0.883. The Morgan fingerprint density at radius 3 is 3.07 bits per heavy atom. The van der Waals surface area contributed by atoms with Crippen molar-refractivity contribution < 1.29 is 18.7 Å². The average molecular weight is 409 g/mol. The van der Waals surface area contributed by atoms with Crippen LogP contribution in [0.15, 0.2) is 41.8 Å². The molecule has 0 radical (unpaired) electrons. The quantitative estimate of drug-likeness (QED) is 0.687. The molecule has 8 heteroatoms. The monoisotopic (exact) mass is 409 g/mol. The molecular formula is C21H16FN3O3S. The first-order chi connectivity index (χ1) is 14.1. The number of aromatic nitrogens is 1. The molecule has 0 fully saturated rings. The van der Waals surface area contributed by atoms with Crippen LogP contribution in [0.25, 0.3) is 11.3 Å². The molecule has 0 saturated carbocycles. The highest BCUT2D eigenvalue weighted by Crippen LogP contribution is 2.35. The van der Waals surface area contributed by atoms with Crippen LogP contribution in [0.2, 0.25) is 0 Å². The van der Waals surface area contributed by atoms with Gasteiger partial charge in [0.15, 0.2) is 5.13 Å². The van der Waals surface area contributed by atoms with Crippen molar-refractivity contribution in [2.24, 2.45) is 0 Å². The minimum Gasteiger partial charge on any atom is -0.493 e. The number of fused-ring (bicyclic) bond motifs is 2. The molecule has 146 valence electrons. The molecular weight excluding hydrogens is 393 g/mol. The largest absolute Gasteiger partial charge is 0.493 e. The van der Waals surface area contributed by atoms with Crippen LogP contribution in [0.1, 0.15) is 23.5 Å². The molecule has 2 aliphatic rings. The predicted octanol–water partition coefficient (Wildman–Crippen LogP) is 3.95. The number of thiazole rings is 1. The maximum absolute atomic E-state index is 13.5. The molecule has 6 nitrogen and oxygen atoms in total. The second-order valence-electron chi connectivity index (χ2n) is 6.98. The Kier molecular flexibility index (Phi) is 4.28. The van der Waals surface area contributed by atoms with Crippen molar-refractivity contribution in [1.82, 2.24) is 4.98 Å². The van der Waals surface area contributed by atoms with Crippen LogP contribution in [0.5, 0.6) is 5.75 Å². The van der Waals surface area contributed by atoms with Crippen molar-refractivity contribution in [2.45, 2.75) is 18.8 Å². The molecule has 2 aromatic carbocycles. The lowest BCUT2D eigenvalue weighted by atomic mass is 9.90. The van der Waals surface area contributed by atoms with Crippen LogP contribution in [0, 0.1) is 5.82 Å². The number of amides is 2. The summed E-state index contributed by atoms with van der Waals surface area (Å²) in [4.78, 5) is 29.3. The number of nitrogens with zero attached hydrogens (tertiary/aromatic N) is 1. The summed E-state index contributed by atoms with van der Waals surface area (Å²) in [6, 6.07) is 9.99. The van der Waals surface area contributed by atoms with E-state index in [1.165, 1.54) is 29.5 Å². The molecule has 2 N–H and O–H groups in total. The Morgan fingerprint density at radius 2 is 2.17 bits per heavy atom. The van der Waals surface area contributed by atoms with Gasteiger partial charge in [0.25, 0.3) is 0 Å². The van der Waals surface area contributed by atoms with Gasteiger partial charge in [-0.1, -0.05) is 6.07 Å². The van der Waals surface area contributed by atoms with E-state index < -0.39 is 11.7 Å². The zero-order valence-corrected chi connectivity index (χ0v) is 16.0. The summed E-state index contributed by atoms with van der Waals surface area (Å²) in [5.41, 5.74) is 3.81. The maximum Gasteiger partial charge on any atom is 0.234 e. The summed E-state index contributed by atoms with van der Waals surface area (Å²) in [5, 5.41) is 7.75. The molecule has 0 spiro atoms. The SMILES string of the molecule is O=C1CC(C(=O)Nc2nc(-c3ccc4c(c3)CCO4)cs2)c2ccc(F)cc2N1. The molecule has 0 bridgehead atoms. The molecule has 1 unspecified atom stereocenters. The number of anilines is 2. The van der Waals surface area contributed by atoms with Crippen LogP contribution in [-0.4, -0.2) is 23.4 Å². The van der Waals surface area contributed by atoms with E-state index in [1.807, 2.05) is 17.5 Å². The van der Waals surface area contributed by atoms with E-state index in [2.05, 4.69) is 21.7 Å². The first-order valence-corrected chi connectivity index (χ1v) is 10.1. The predicted molar refractivity (Wildman–Crippen MR) is 108 cm³/mol. The van der Waals surface area contributed by atoms with Crippen molar-refractivity contribution in [1.29, 1.82) is 0 Å². The minimum absolute atomic E-state index is 0.00746. The van der Waals surface area contributed by atoms with E-state index in [0.717, 1.165) is 29.0 Å². The first-order valence-electron chi connectivity index (χ1n) is 9.18. The second-order valence-corrected chi connectivity index (χ2v) is 7.84. The van der Waals surface area contributed by atoms with Gasteiger partial charge in [-0.25, -0.2) is 9.37 Å². The Bertz CT molecular complexity index is 1140. The van der Waals surface area contributed by atoms with Crippen LogP contribution < -0.4 is 15.4 Å². The fraction of sp³-hybridized carbons (Fsp3) is 0.190. The van der Waals surface area contributed by atoms with Gasteiger partial charge >= 0.3 is 0 Å². The van der Waals surface area contributed by atoms with Crippen molar-refractivity contribution in [3.63, 3.8) is 0 Å². The van der Waals surface area contributed by atoms with Gasteiger partial charge in [0.2, 0.25) is 11.8 Å². The van der Waals surface area contributed by atoms with Crippen LogP contribution >= 0.6 is 11.3 Å². The zero-order valence-electron chi connectivity index (χ0n) is 15.2. The normalized spacial score (nSPS) is 17.1. The third kappa shape index (κ3) is 3.36. The second kappa shape index (κ2) is 6.97. The van der Waals surface area contributed by atoms with Gasteiger partial charge in [0.1, 0.15) is 11.6 Å². The van der Waals surface area contributed by atoms with Gasteiger partial charge < -0.3 is 15.4 Å². The molecule has 3 aromatic rings. The number of benzene rings is 2. The highest BCUT2D eigenvalue weighted by Gasteiger charge is 2.31. The summed E-state index contributed by atoms with van der Waals surface area (Å²) in [5.74, 6) is -0.902. The fourth-order valence-corrected chi connectivity index (χ4v) is 4.40. The van der Waals surface area contributed by atoms with Crippen molar-refractivity contribution in [2.75, 3.05) is 17.2 Å². The Balaban J connectivity index is 1.36. The van der Waals surface area contributed by atoms with E-state index in [9.17, 15) is 14.0 Å². The number of hydrogen-bond acceptors (Lipinski definition) is 5. The number of ether oxygens (including phenoxy) is 1. The Labute approximate surface area is 169 Å². The Morgan fingerprint density at radius 1 is 1.28 bits per heavy atom. The van der Waals surface area contributed by atoms with Crippen molar-refractivity contribution >= 4 is 34.0 Å². The lowest BCUT2D eigenvalue weighted by Crippen LogP contribution is -2.30. The van der Waals surface area contributed by atoms with Gasteiger partial charge in [-0.2, -0.15) is 0 Å². The van der Waals surface area contributed by atoms with Crippen LogP contribution in [0.4, 0.5) is 15.2 Å². The maximum atomic E-state index is 13.5. The number of carbonyl (C=O) groups excluding carboxylic acids is 2. The molecule has 5 rings (SSSR count). The van der Waals surface area contributed by atoms with Gasteiger partial charge in [0.05, 0.1) is 18.2 Å². The van der Waals surface area contributed by atoms with E-state index in [-0.39, 0.29) is 18.2 Å². The summed E-state index contributed by atoms with van der Waals surface area (Å²) >= 11 is 1.32. The van der Waals surface area contributed by atoms with E-state index in [1.54, 1.807) is 0 Å². The molecule has 3 heterocycles. The standard InChI is InChI=1S/C21H16FN3O3S/c22-13-2-3-14-15(9-19(26)23-16(14)8-13)20(27)25-21-24-17(10-29-21)11-1-4-18-12(7-11)5-6-28-18/h1-4,7-8,10,15H,5-6,9H2,(H,23,26)(H,24,25,27). The van der Waals surface area contributed by atoms with Crippen molar-refractivity contribution in [3.8, 4) is 17.0 Å². The average Bonchev–Trinajstić information content (AvgIpc) is 3.35. The molecule has 1 aromatic heterocycles.